The Morgan fingerprint density at radius 3 is 2.40 bits per heavy atom. The maximum Gasteiger partial charge on any atom is 0.365 e. The molecule has 9 nitrogen and oxygen atoms in total. The lowest BCUT2D eigenvalue weighted by molar-refractivity contribution is -0.0584. The largest absolute Gasteiger partial charge is 0.365 e. The van der Waals surface area contributed by atoms with Crippen molar-refractivity contribution in [1.82, 2.24) is 25.0 Å². The summed E-state index contributed by atoms with van der Waals surface area (Å²) in [6, 6.07) is 7.70. The molecule has 1 aromatic carbocycles. The number of aromatic nitrogens is 4. The molecule has 1 aliphatic heterocycles. The SMILES string of the molecule is O=C(ON1C(=O)c2ccccc2C1=O)c1cncc(-n2ccnn2)c1. The third kappa shape index (κ3) is 2.43. The Labute approximate surface area is 140 Å². The van der Waals surface area contributed by atoms with Crippen molar-refractivity contribution in [1.29, 1.82) is 0 Å². The summed E-state index contributed by atoms with van der Waals surface area (Å²) < 4.78 is 1.41. The number of hydrogen-bond acceptors (Lipinski definition) is 7. The Hall–Kier alpha value is -3.88. The van der Waals surface area contributed by atoms with E-state index < -0.39 is 17.8 Å². The molecule has 0 radical (unpaired) electrons. The van der Waals surface area contributed by atoms with E-state index in [9.17, 15) is 14.4 Å². The highest BCUT2D eigenvalue weighted by atomic mass is 16.7. The highest BCUT2D eigenvalue weighted by molar-refractivity contribution is 6.21. The van der Waals surface area contributed by atoms with Crippen LogP contribution in [0.3, 0.4) is 0 Å². The van der Waals surface area contributed by atoms with Crippen molar-refractivity contribution in [3.63, 3.8) is 0 Å². The van der Waals surface area contributed by atoms with Gasteiger partial charge in [0.05, 0.1) is 41.0 Å². The molecule has 2 aromatic heterocycles. The fourth-order valence-corrected chi connectivity index (χ4v) is 2.40. The summed E-state index contributed by atoms with van der Waals surface area (Å²) in [6.45, 7) is 0. The summed E-state index contributed by atoms with van der Waals surface area (Å²) >= 11 is 0. The first-order valence-electron chi connectivity index (χ1n) is 7.17. The quantitative estimate of drug-likeness (QED) is 0.658. The minimum Gasteiger partial charge on any atom is -0.324 e. The first-order valence-corrected chi connectivity index (χ1v) is 7.17. The summed E-state index contributed by atoms with van der Waals surface area (Å²) in [4.78, 5) is 45.7. The van der Waals surface area contributed by atoms with E-state index in [0.717, 1.165) is 0 Å². The van der Waals surface area contributed by atoms with Crippen molar-refractivity contribution < 1.29 is 19.2 Å². The Morgan fingerprint density at radius 2 is 1.76 bits per heavy atom. The number of fused-ring (bicyclic) bond motifs is 1. The zero-order valence-electron chi connectivity index (χ0n) is 12.6. The standard InChI is InChI=1S/C16H9N5O4/c22-14-12-3-1-2-4-13(12)15(23)21(14)25-16(24)10-7-11(9-17-8-10)20-6-5-18-19-20/h1-9H. The number of nitrogens with zero attached hydrogens (tertiary/aromatic N) is 5. The molecule has 0 aliphatic carbocycles. The second-order valence-corrected chi connectivity index (χ2v) is 5.11. The van der Waals surface area contributed by atoms with E-state index >= 15 is 0 Å². The van der Waals surface area contributed by atoms with Gasteiger partial charge in [0.15, 0.2) is 0 Å². The minimum absolute atomic E-state index is 0.0598. The third-order valence-corrected chi connectivity index (χ3v) is 3.58. The van der Waals surface area contributed by atoms with Crippen LogP contribution < -0.4 is 0 Å². The van der Waals surface area contributed by atoms with E-state index in [1.807, 2.05) is 0 Å². The number of hydrogen-bond donors (Lipinski definition) is 0. The van der Waals surface area contributed by atoms with E-state index in [2.05, 4.69) is 15.3 Å². The molecule has 9 heteroatoms. The molecule has 0 saturated heterocycles. The number of rotatable bonds is 3. The fourth-order valence-electron chi connectivity index (χ4n) is 2.40. The van der Waals surface area contributed by atoms with Gasteiger partial charge >= 0.3 is 5.97 Å². The van der Waals surface area contributed by atoms with Crippen LogP contribution >= 0.6 is 0 Å². The summed E-state index contributed by atoms with van der Waals surface area (Å²) in [5.41, 5.74) is 0.920. The molecule has 2 amide bonds. The van der Waals surface area contributed by atoms with Crippen LogP contribution in [0.2, 0.25) is 0 Å². The Kier molecular flexibility index (Phi) is 3.31. The van der Waals surface area contributed by atoms with E-state index in [-0.39, 0.29) is 16.7 Å². The monoisotopic (exact) mass is 335 g/mol. The molecule has 25 heavy (non-hydrogen) atoms. The van der Waals surface area contributed by atoms with E-state index in [0.29, 0.717) is 10.8 Å². The smallest absolute Gasteiger partial charge is 0.324 e. The number of amides is 2. The highest BCUT2D eigenvalue weighted by Gasteiger charge is 2.38. The minimum atomic E-state index is -0.885. The third-order valence-electron chi connectivity index (χ3n) is 3.58. The van der Waals surface area contributed by atoms with Gasteiger partial charge < -0.3 is 4.84 Å². The van der Waals surface area contributed by atoms with Gasteiger partial charge in [-0.2, -0.15) is 0 Å². The Morgan fingerprint density at radius 1 is 1.04 bits per heavy atom. The molecule has 0 fully saturated rings. The van der Waals surface area contributed by atoms with Gasteiger partial charge in [-0.3, -0.25) is 14.6 Å². The van der Waals surface area contributed by atoms with Gasteiger partial charge in [-0.05, 0) is 18.2 Å². The maximum atomic E-state index is 12.3. The molecule has 3 heterocycles. The molecule has 1 aliphatic rings. The van der Waals surface area contributed by atoms with Crippen LogP contribution in [0.25, 0.3) is 5.69 Å². The zero-order valence-corrected chi connectivity index (χ0v) is 12.6. The number of hydroxylamine groups is 2. The lowest BCUT2D eigenvalue weighted by atomic mass is 10.1. The average Bonchev–Trinajstić information content (AvgIpc) is 3.26. The van der Waals surface area contributed by atoms with Crippen LogP contribution in [0.15, 0.2) is 55.1 Å². The van der Waals surface area contributed by atoms with Crippen LogP contribution in [-0.4, -0.2) is 42.8 Å². The van der Waals surface area contributed by atoms with Crippen LogP contribution in [0.5, 0.6) is 0 Å². The molecule has 122 valence electrons. The number of imide groups is 1. The van der Waals surface area contributed by atoms with Gasteiger partial charge in [-0.15, -0.1) is 5.10 Å². The van der Waals surface area contributed by atoms with Crippen molar-refractivity contribution >= 4 is 17.8 Å². The van der Waals surface area contributed by atoms with E-state index in [4.69, 9.17) is 4.84 Å². The average molecular weight is 335 g/mol. The lowest BCUT2D eigenvalue weighted by Crippen LogP contribution is -2.32. The first-order chi connectivity index (χ1) is 12.1. The summed E-state index contributed by atoms with van der Waals surface area (Å²) in [7, 11) is 0. The summed E-state index contributed by atoms with van der Waals surface area (Å²) in [5, 5.41) is 7.92. The second-order valence-electron chi connectivity index (χ2n) is 5.11. The molecule has 0 spiro atoms. The summed E-state index contributed by atoms with van der Waals surface area (Å²) in [5.74, 6) is -2.26. The van der Waals surface area contributed by atoms with Gasteiger partial charge in [-0.25, -0.2) is 9.48 Å². The van der Waals surface area contributed by atoms with Crippen molar-refractivity contribution in [3.05, 3.63) is 71.8 Å². The van der Waals surface area contributed by atoms with Crippen molar-refractivity contribution in [3.8, 4) is 5.69 Å². The second kappa shape index (κ2) is 5.64. The first kappa shape index (κ1) is 14.7. The predicted octanol–water partition coefficient (Wildman–Crippen LogP) is 1.03. The molecule has 0 atom stereocenters. The number of pyridine rings is 1. The Balaban J connectivity index is 1.58. The van der Waals surface area contributed by atoms with Gasteiger partial charge in [0.25, 0.3) is 11.8 Å². The Bertz CT molecular complexity index is 964. The molecule has 0 N–H and O–H groups in total. The maximum absolute atomic E-state index is 12.3. The van der Waals surface area contributed by atoms with Gasteiger partial charge in [0.1, 0.15) is 0 Å². The van der Waals surface area contributed by atoms with Crippen LogP contribution in [0.1, 0.15) is 31.1 Å². The molecule has 4 rings (SSSR count). The molecule has 0 saturated carbocycles. The topological polar surface area (TPSA) is 107 Å². The number of carbonyl (C=O) groups excluding carboxylic acids is 3. The lowest BCUT2D eigenvalue weighted by Gasteiger charge is -2.12. The predicted molar refractivity (Wildman–Crippen MR) is 81.5 cm³/mol. The normalized spacial score (nSPS) is 13.0. The van der Waals surface area contributed by atoms with Gasteiger partial charge in [0.2, 0.25) is 0 Å². The van der Waals surface area contributed by atoms with Gasteiger partial charge in [-0.1, -0.05) is 22.4 Å². The van der Waals surface area contributed by atoms with Gasteiger partial charge in [0, 0.05) is 6.20 Å². The zero-order chi connectivity index (χ0) is 17.4. The number of carbonyl (C=O) groups is 3. The fraction of sp³-hybridized carbons (Fsp3) is 0. The van der Waals surface area contributed by atoms with E-state index in [1.165, 1.54) is 41.5 Å². The van der Waals surface area contributed by atoms with Crippen LogP contribution in [0.4, 0.5) is 0 Å². The summed E-state index contributed by atoms with van der Waals surface area (Å²) in [6.07, 6.45) is 5.80. The number of benzene rings is 1. The molecule has 3 aromatic rings. The van der Waals surface area contributed by atoms with E-state index in [1.54, 1.807) is 18.3 Å². The highest BCUT2D eigenvalue weighted by Crippen LogP contribution is 2.23. The molecular weight excluding hydrogens is 326 g/mol. The molecule has 0 unspecified atom stereocenters. The van der Waals surface area contributed by atoms with Crippen molar-refractivity contribution in [2.24, 2.45) is 0 Å². The molecular formula is C16H9N5O4. The van der Waals surface area contributed by atoms with Crippen molar-refractivity contribution in [2.45, 2.75) is 0 Å². The van der Waals surface area contributed by atoms with Crippen molar-refractivity contribution in [2.75, 3.05) is 0 Å². The van der Waals surface area contributed by atoms with Crippen LogP contribution in [0, 0.1) is 0 Å². The van der Waals surface area contributed by atoms with Crippen LogP contribution in [-0.2, 0) is 4.84 Å². The molecule has 0 bridgehead atoms.